The molecule has 1 N–H and O–H groups in total. The number of carbonyl (C=O) groups excluding carboxylic acids is 1. The minimum Gasteiger partial charge on any atom is -0.744 e. The fraction of sp³-hybridized carbons (Fsp3) is 0.409. The molecular weight excluding hydrogens is 422 g/mol. The average molecular weight is 452 g/mol. The first-order valence-electron chi connectivity index (χ1n) is 9.86. The van der Waals surface area contributed by atoms with Gasteiger partial charge in [0.2, 0.25) is 0 Å². The molecule has 31 heavy (non-hydrogen) atoms. The summed E-state index contributed by atoms with van der Waals surface area (Å²) in [6, 6.07) is 11.6. The second-order valence-corrected chi connectivity index (χ2v) is 8.57. The van der Waals surface area contributed by atoms with E-state index in [1.165, 1.54) is 47.4 Å². The Morgan fingerprint density at radius 1 is 1.10 bits per heavy atom. The predicted molar refractivity (Wildman–Crippen MR) is 113 cm³/mol. The van der Waals surface area contributed by atoms with Gasteiger partial charge in [-0.25, -0.2) is 8.42 Å². The smallest absolute Gasteiger partial charge is 0.305 e. The van der Waals surface area contributed by atoms with Crippen molar-refractivity contribution in [3.05, 3.63) is 53.6 Å². The molecule has 9 heteroatoms. The van der Waals surface area contributed by atoms with Gasteiger partial charge in [0.1, 0.15) is 16.2 Å². The number of nitrogens with one attached hydrogen (secondary N) is 1. The van der Waals surface area contributed by atoms with Gasteiger partial charge in [0.15, 0.2) is 11.5 Å². The van der Waals surface area contributed by atoms with Crippen LogP contribution in [0.1, 0.15) is 30.0 Å². The van der Waals surface area contributed by atoms with Crippen LogP contribution in [0.5, 0.6) is 11.5 Å². The lowest BCUT2D eigenvalue weighted by Gasteiger charge is -2.32. The molecule has 0 radical (unpaired) electrons. The highest BCUT2D eigenvalue weighted by Gasteiger charge is 2.30. The molecule has 170 valence electrons. The van der Waals surface area contributed by atoms with Crippen LogP contribution >= 0.6 is 0 Å². The molecule has 2 aromatic carbocycles. The highest BCUT2D eigenvalue weighted by atomic mass is 32.2. The monoisotopic (exact) mass is 451 g/mol. The molecule has 0 fully saturated rings. The van der Waals surface area contributed by atoms with Gasteiger partial charge < -0.3 is 23.7 Å². The summed E-state index contributed by atoms with van der Waals surface area (Å²) in [4.78, 5) is 12.7. The Bertz CT molecular complexity index is 977. The molecular formula is C22H29NO7S. The molecule has 0 aliphatic carbocycles. The zero-order valence-corrected chi connectivity index (χ0v) is 19.0. The first-order chi connectivity index (χ1) is 14.7. The van der Waals surface area contributed by atoms with E-state index in [2.05, 4.69) is 19.2 Å². The van der Waals surface area contributed by atoms with Crippen LogP contribution in [-0.2, 0) is 26.1 Å². The van der Waals surface area contributed by atoms with Crippen LogP contribution in [0.4, 0.5) is 0 Å². The van der Waals surface area contributed by atoms with Gasteiger partial charge in [-0.1, -0.05) is 18.2 Å². The SMILES string of the molecule is COC(=O)CCC1c2cc(OC)c(OC)cc2CC[NH+]1C.O=S(=O)([O-])c1ccccc1. The average Bonchev–Trinajstić information content (AvgIpc) is 2.77. The van der Waals surface area contributed by atoms with E-state index < -0.39 is 10.1 Å². The van der Waals surface area contributed by atoms with Gasteiger partial charge in [-0.2, -0.15) is 0 Å². The van der Waals surface area contributed by atoms with Gasteiger partial charge in [-0.3, -0.25) is 4.79 Å². The number of hydrogen-bond donors (Lipinski definition) is 1. The van der Waals surface area contributed by atoms with Crippen LogP contribution in [0, 0.1) is 0 Å². The maximum absolute atomic E-state index is 11.4. The van der Waals surface area contributed by atoms with Crippen LogP contribution in [0.2, 0.25) is 0 Å². The van der Waals surface area contributed by atoms with Crippen molar-refractivity contribution in [3.63, 3.8) is 0 Å². The third-order valence-corrected chi connectivity index (χ3v) is 6.15. The molecule has 2 atom stereocenters. The van der Waals surface area contributed by atoms with Crippen molar-refractivity contribution in [2.24, 2.45) is 0 Å². The normalized spacial score (nSPS) is 17.6. The second kappa shape index (κ2) is 11.1. The van der Waals surface area contributed by atoms with E-state index in [4.69, 9.17) is 14.2 Å². The molecule has 8 nitrogen and oxygen atoms in total. The van der Waals surface area contributed by atoms with Gasteiger partial charge in [-0.15, -0.1) is 0 Å². The summed E-state index contributed by atoms with van der Waals surface area (Å²) in [6.45, 7) is 1.05. The van der Waals surface area contributed by atoms with Crippen LogP contribution in [-0.4, -0.2) is 53.9 Å². The maximum Gasteiger partial charge on any atom is 0.305 e. The zero-order valence-electron chi connectivity index (χ0n) is 18.2. The number of benzene rings is 2. The molecule has 1 heterocycles. The van der Waals surface area contributed by atoms with Crippen molar-refractivity contribution in [2.75, 3.05) is 34.9 Å². The van der Waals surface area contributed by atoms with Gasteiger partial charge in [0.05, 0.1) is 46.2 Å². The van der Waals surface area contributed by atoms with Gasteiger partial charge >= 0.3 is 5.97 Å². The molecule has 1 aliphatic rings. The highest BCUT2D eigenvalue weighted by molar-refractivity contribution is 7.85. The van der Waals surface area contributed by atoms with Crippen molar-refractivity contribution in [2.45, 2.75) is 30.2 Å². The third kappa shape index (κ3) is 6.68. The molecule has 0 spiro atoms. The Labute approximate surface area is 183 Å². The van der Waals surface area contributed by atoms with Crippen LogP contribution in [0.3, 0.4) is 0 Å². The number of methoxy groups -OCH3 is 3. The number of rotatable bonds is 6. The quantitative estimate of drug-likeness (QED) is 0.522. The first kappa shape index (κ1) is 24.6. The van der Waals surface area contributed by atoms with Crippen molar-refractivity contribution in [1.82, 2.24) is 0 Å². The number of esters is 1. The Hall–Kier alpha value is -2.62. The lowest BCUT2D eigenvalue weighted by Crippen LogP contribution is -3.10. The van der Waals surface area contributed by atoms with Gasteiger partial charge in [0, 0.05) is 18.4 Å². The lowest BCUT2D eigenvalue weighted by molar-refractivity contribution is -0.915. The molecule has 3 rings (SSSR count). The van der Waals surface area contributed by atoms with Crippen molar-refractivity contribution < 1.29 is 36.9 Å². The van der Waals surface area contributed by atoms with E-state index in [0.29, 0.717) is 6.42 Å². The van der Waals surface area contributed by atoms with Crippen LogP contribution in [0.15, 0.2) is 47.4 Å². The topological polar surface area (TPSA) is 106 Å². The summed E-state index contributed by atoms with van der Waals surface area (Å²) in [6.07, 6.45) is 2.23. The summed E-state index contributed by atoms with van der Waals surface area (Å²) in [5, 5.41) is 0. The largest absolute Gasteiger partial charge is 0.744 e. The van der Waals surface area contributed by atoms with E-state index in [0.717, 1.165) is 30.9 Å². The number of carbonyl (C=O) groups is 1. The minimum atomic E-state index is -4.25. The predicted octanol–water partition coefficient (Wildman–Crippen LogP) is 1.36. The molecule has 0 saturated carbocycles. The molecule has 0 amide bonds. The Morgan fingerprint density at radius 3 is 2.23 bits per heavy atom. The summed E-state index contributed by atoms with van der Waals surface area (Å²) in [7, 11) is 2.65. The standard InChI is InChI=1S/C16H23NO4.C6H6O3S/c1-17-8-7-11-9-14(19-2)15(20-3)10-12(11)13(17)5-6-16(18)21-4;7-10(8,9)6-4-2-1-3-5-6/h9-10,13H,5-8H2,1-4H3;1-5H,(H,7,8,9). The van der Waals surface area contributed by atoms with Crippen molar-refractivity contribution in [1.29, 1.82) is 0 Å². The number of fused-ring (bicyclic) bond motifs is 1. The summed E-state index contributed by atoms with van der Waals surface area (Å²) in [5.41, 5.74) is 2.54. The van der Waals surface area contributed by atoms with E-state index in [-0.39, 0.29) is 16.9 Å². The zero-order chi connectivity index (χ0) is 23.0. The molecule has 2 aromatic rings. The Kier molecular flexibility index (Phi) is 8.85. The molecule has 2 unspecified atom stereocenters. The van der Waals surface area contributed by atoms with Crippen molar-refractivity contribution in [3.8, 4) is 11.5 Å². The van der Waals surface area contributed by atoms with E-state index in [9.17, 15) is 17.8 Å². The number of hydrogen-bond acceptors (Lipinski definition) is 7. The van der Waals surface area contributed by atoms with Gasteiger partial charge in [0.25, 0.3) is 0 Å². The minimum absolute atomic E-state index is 0.157. The number of likely N-dealkylation sites (N-methyl/N-ethyl adjacent to an activating group) is 1. The summed E-state index contributed by atoms with van der Waals surface area (Å²) >= 11 is 0. The Balaban J connectivity index is 0.000000285. The first-order valence-corrected chi connectivity index (χ1v) is 11.3. The molecule has 0 bridgehead atoms. The van der Waals surface area contributed by atoms with Crippen molar-refractivity contribution >= 4 is 16.1 Å². The second-order valence-electron chi connectivity index (χ2n) is 7.19. The van der Waals surface area contributed by atoms with E-state index in [1.54, 1.807) is 20.3 Å². The van der Waals surface area contributed by atoms with Crippen LogP contribution in [0.25, 0.3) is 0 Å². The maximum atomic E-state index is 11.4. The van der Waals surface area contributed by atoms with Crippen LogP contribution < -0.4 is 14.4 Å². The van der Waals surface area contributed by atoms with E-state index >= 15 is 0 Å². The highest BCUT2D eigenvalue weighted by Crippen LogP contribution is 2.35. The Morgan fingerprint density at radius 2 is 1.71 bits per heavy atom. The fourth-order valence-corrected chi connectivity index (χ4v) is 4.09. The molecule has 0 aromatic heterocycles. The summed E-state index contributed by atoms with van der Waals surface area (Å²) in [5.74, 6) is 1.35. The summed E-state index contributed by atoms with van der Waals surface area (Å²) < 4.78 is 46.4. The number of quaternary nitrogens is 1. The molecule has 0 saturated heterocycles. The number of ether oxygens (including phenoxy) is 3. The van der Waals surface area contributed by atoms with E-state index in [1.807, 2.05) is 0 Å². The lowest BCUT2D eigenvalue weighted by atomic mass is 9.89. The van der Waals surface area contributed by atoms with Gasteiger partial charge in [-0.05, 0) is 29.8 Å². The third-order valence-electron chi connectivity index (χ3n) is 5.30. The molecule has 1 aliphatic heterocycles. The fourth-order valence-electron chi connectivity index (χ4n) is 3.60.